The second kappa shape index (κ2) is 3.58. The normalized spacial score (nSPS) is 11.0. The summed E-state index contributed by atoms with van der Waals surface area (Å²) in [5.74, 6) is 0. The summed E-state index contributed by atoms with van der Waals surface area (Å²) in [7, 11) is 0. The van der Waals surface area contributed by atoms with Gasteiger partial charge in [-0.25, -0.2) is 4.98 Å². The molecule has 2 rings (SSSR count). The van der Waals surface area contributed by atoms with Crippen LogP contribution in [-0.2, 0) is 0 Å². The molecule has 0 spiro atoms. The summed E-state index contributed by atoms with van der Waals surface area (Å²) in [6.45, 7) is 0. The lowest BCUT2D eigenvalue weighted by Gasteiger charge is -1.98. The van der Waals surface area contributed by atoms with Crippen LogP contribution >= 0.6 is 46.0 Å². The Hall–Kier alpha value is -0.0800. The van der Waals surface area contributed by atoms with Crippen molar-refractivity contribution >= 4 is 51.6 Å². The first-order chi connectivity index (χ1) is 6.22. The van der Waals surface area contributed by atoms with Crippen LogP contribution in [0.1, 0.15) is 0 Å². The molecular formula is C6H4ClIN4S. The molecule has 7 heteroatoms. The maximum atomic E-state index is 5.89. The Morgan fingerprint density at radius 3 is 3.00 bits per heavy atom. The SMILES string of the molecule is CSc1nc(Cl)n2ncc(I)c2n1. The van der Waals surface area contributed by atoms with Gasteiger partial charge in [-0.05, 0) is 40.4 Å². The standard InChI is InChI=1S/C6H4ClIN4S/c1-13-6-10-4-3(8)2-9-12(4)5(7)11-6/h2H,1H3. The van der Waals surface area contributed by atoms with E-state index in [-0.39, 0.29) is 0 Å². The second-order valence-corrected chi connectivity index (χ2v) is 4.48. The monoisotopic (exact) mass is 326 g/mol. The van der Waals surface area contributed by atoms with E-state index in [9.17, 15) is 0 Å². The Morgan fingerprint density at radius 2 is 2.31 bits per heavy atom. The number of nitrogens with zero attached hydrogens (tertiary/aromatic N) is 4. The summed E-state index contributed by atoms with van der Waals surface area (Å²) in [6.07, 6.45) is 3.62. The molecule has 0 amide bonds. The third-order valence-corrected chi connectivity index (χ3v) is 3.00. The molecule has 2 heterocycles. The van der Waals surface area contributed by atoms with Crippen LogP contribution in [0.3, 0.4) is 0 Å². The van der Waals surface area contributed by atoms with Crippen molar-refractivity contribution in [3.63, 3.8) is 0 Å². The van der Waals surface area contributed by atoms with Gasteiger partial charge in [0, 0.05) is 0 Å². The van der Waals surface area contributed by atoms with Crippen molar-refractivity contribution < 1.29 is 0 Å². The van der Waals surface area contributed by atoms with Crippen LogP contribution in [0.4, 0.5) is 0 Å². The fourth-order valence-electron chi connectivity index (χ4n) is 0.891. The van der Waals surface area contributed by atoms with Gasteiger partial charge < -0.3 is 0 Å². The molecule has 2 aromatic heterocycles. The zero-order valence-electron chi connectivity index (χ0n) is 6.53. The van der Waals surface area contributed by atoms with Gasteiger partial charge in [0.1, 0.15) is 0 Å². The highest BCUT2D eigenvalue weighted by atomic mass is 127. The Morgan fingerprint density at radius 1 is 1.54 bits per heavy atom. The van der Waals surface area contributed by atoms with Gasteiger partial charge in [0.25, 0.3) is 0 Å². The summed E-state index contributed by atoms with van der Waals surface area (Å²) in [5.41, 5.74) is 0.755. The van der Waals surface area contributed by atoms with E-state index in [2.05, 4.69) is 37.7 Å². The van der Waals surface area contributed by atoms with E-state index in [0.717, 1.165) is 9.22 Å². The average molecular weight is 327 g/mol. The van der Waals surface area contributed by atoms with Gasteiger partial charge in [0.05, 0.1) is 9.77 Å². The minimum atomic E-state index is 0.345. The van der Waals surface area contributed by atoms with Gasteiger partial charge in [-0.3, -0.25) is 0 Å². The minimum absolute atomic E-state index is 0.345. The molecule has 0 saturated carbocycles. The predicted octanol–water partition coefficient (Wildman–Crippen LogP) is 2.10. The van der Waals surface area contributed by atoms with Crippen molar-refractivity contribution in [1.29, 1.82) is 0 Å². The van der Waals surface area contributed by atoms with Gasteiger partial charge in [0.15, 0.2) is 10.8 Å². The van der Waals surface area contributed by atoms with Crippen molar-refractivity contribution in [2.75, 3.05) is 6.26 Å². The molecule has 0 aromatic carbocycles. The van der Waals surface area contributed by atoms with Gasteiger partial charge in [-0.2, -0.15) is 14.6 Å². The molecule has 0 radical (unpaired) electrons. The van der Waals surface area contributed by atoms with Crippen LogP contribution < -0.4 is 0 Å². The van der Waals surface area contributed by atoms with Crippen molar-refractivity contribution in [3.8, 4) is 0 Å². The highest BCUT2D eigenvalue weighted by molar-refractivity contribution is 14.1. The molecule has 0 aliphatic rings. The van der Waals surface area contributed by atoms with E-state index in [1.54, 1.807) is 6.20 Å². The minimum Gasteiger partial charge on any atom is -0.202 e. The highest BCUT2D eigenvalue weighted by Crippen LogP contribution is 2.18. The summed E-state index contributed by atoms with van der Waals surface area (Å²) in [4.78, 5) is 8.32. The summed E-state index contributed by atoms with van der Waals surface area (Å²) < 4.78 is 2.49. The number of aromatic nitrogens is 4. The topological polar surface area (TPSA) is 43.1 Å². The maximum Gasteiger partial charge on any atom is 0.228 e. The predicted molar refractivity (Wildman–Crippen MR) is 60.3 cm³/mol. The van der Waals surface area contributed by atoms with Crippen LogP contribution in [0.25, 0.3) is 5.65 Å². The lowest BCUT2D eigenvalue weighted by Crippen LogP contribution is -1.97. The van der Waals surface area contributed by atoms with Crippen molar-refractivity contribution in [3.05, 3.63) is 15.1 Å². The number of thioether (sulfide) groups is 1. The molecule has 0 fully saturated rings. The van der Waals surface area contributed by atoms with E-state index < -0.39 is 0 Å². The molecule has 68 valence electrons. The van der Waals surface area contributed by atoms with E-state index in [4.69, 9.17) is 11.6 Å². The first kappa shape index (κ1) is 9.47. The number of halogens is 2. The maximum absolute atomic E-state index is 5.89. The largest absolute Gasteiger partial charge is 0.228 e. The lowest BCUT2D eigenvalue weighted by molar-refractivity contribution is 0.835. The zero-order chi connectivity index (χ0) is 9.42. The third kappa shape index (κ3) is 1.62. The van der Waals surface area contributed by atoms with E-state index in [1.807, 2.05) is 6.26 Å². The molecular weight excluding hydrogens is 323 g/mol. The number of hydrogen-bond acceptors (Lipinski definition) is 4. The fraction of sp³-hybridized carbons (Fsp3) is 0.167. The van der Waals surface area contributed by atoms with Crippen LogP contribution in [0.2, 0.25) is 5.28 Å². The lowest BCUT2D eigenvalue weighted by atomic mass is 10.7. The second-order valence-electron chi connectivity index (χ2n) is 2.21. The van der Waals surface area contributed by atoms with Crippen molar-refractivity contribution in [1.82, 2.24) is 19.6 Å². The van der Waals surface area contributed by atoms with Crippen LogP contribution in [0.5, 0.6) is 0 Å². The molecule has 0 atom stereocenters. The van der Waals surface area contributed by atoms with E-state index >= 15 is 0 Å². The quantitative estimate of drug-likeness (QED) is 0.595. The van der Waals surface area contributed by atoms with Gasteiger partial charge in [-0.15, -0.1) is 0 Å². The Kier molecular flexibility index (Phi) is 2.61. The average Bonchev–Trinajstić information content (AvgIpc) is 2.48. The molecule has 0 unspecified atom stereocenters. The van der Waals surface area contributed by atoms with Crippen LogP contribution in [0.15, 0.2) is 11.4 Å². The van der Waals surface area contributed by atoms with Gasteiger partial charge in [0.2, 0.25) is 5.28 Å². The number of rotatable bonds is 1. The highest BCUT2D eigenvalue weighted by Gasteiger charge is 2.08. The fourth-order valence-corrected chi connectivity index (χ4v) is 1.97. The summed E-state index contributed by atoms with van der Waals surface area (Å²) in [5, 5.41) is 5.04. The third-order valence-electron chi connectivity index (χ3n) is 1.45. The van der Waals surface area contributed by atoms with Crippen molar-refractivity contribution in [2.24, 2.45) is 0 Å². The van der Waals surface area contributed by atoms with Crippen LogP contribution in [-0.4, -0.2) is 25.8 Å². The molecule has 0 bridgehead atoms. The molecule has 0 N–H and O–H groups in total. The van der Waals surface area contributed by atoms with Crippen LogP contribution in [0, 0.1) is 3.57 Å². The smallest absolute Gasteiger partial charge is 0.202 e. The van der Waals surface area contributed by atoms with Gasteiger partial charge in [-0.1, -0.05) is 11.8 Å². The van der Waals surface area contributed by atoms with Crippen molar-refractivity contribution in [2.45, 2.75) is 5.16 Å². The Bertz CT molecular complexity index is 457. The molecule has 2 aromatic rings. The number of fused-ring (bicyclic) bond motifs is 1. The molecule has 13 heavy (non-hydrogen) atoms. The zero-order valence-corrected chi connectivity index (χ0v) is 10.3. The molecule has 4 nitrogen and oxygen atoms in total. The van der Waals surface area contributed by atoms with E-state index in [0.29, 0.717) is 10.4 Å². The van der Waals surface area contributed by atoms with E-state index in [1.165, 1.54) is 16.3 Å². The number of hydrogen-bond donors (Lipinski definition) is 0. The first-order valence-electron chi connectivity index (χ1n) is 3.33. The summed E-state index contributed by atoms with van der Waals surface area (Å²) >= 11 is 9.51. The first-order valence-corrected chi connectivity index (χ1v) is 6.01. The molecule has 0 saturated heterocycles. The Balaban J connectivity index is 2.80. The molecule has 0 aliphatic carbocycles. The van der Waals surface area contributed by atoms with Gasteiger partial charge >= 0.3 is 0 Å². The molecule has 0 aliphatic heterocycles. The summed E-state index contributed by atoms with van der Waals surface area (Å²) in [6, 6.07) is 0. The Labute approximate surface area is 97.2 Å².